The fraction of sp³-hybridized carbons (Fsp3) is 0.500. The number of hydrogen-bond acceptors (Lipinski definition) is 4. The van der Waals surface area contributed by atoms with Crippen molar-refractivity contribution in [3.63, 3.8) is 0 Å². The maximum Gasteiger partial charge on any atom is 0.298 e. The van der Waals surface area contributed by atoms with Crippen molar-refractivity contribution in [1.82, 2.24) is 9.88 Å². The van der Waals surface area contributed by atoms with Gasteiger partial charge in [0.15, 0.2) is 5.58 Å². The molecule has 2 aromatic rings. The molecule has 0 bridgehead atoms. The quantitative estimate of drug-likeness (QED) is 0.849. The lowest BCUT2D eigenvalue weighted by Gasteiger charge is -2.21. The van der Waals surface area contributed by atoms with Gasteiger partial charge in [0, 0.05) is 32.1 Å². The van der Waals surface area contributed by atoms with Crippen LogP contribution in [0.3, 0.4) is 0 Å². The molecule has 1 aromatic heterocycles. The van der Waals surface area contributed by atoms with Crippen LogP contribution in [0.1, 0.15) is 19.3 Å². The maximum absolute atomic E-state index is 12.2. The Balaban J connectivity index is 1.49. The third-order valence-electron chi connectivity index (χ3n) is 4.29. The van der Waals surface area contributed by atoms with Gasteiger partial charge in [-0.05, 0) is 31.4 Å². The monoisotopic (exact) mass is 285 g/mol. The topological polar surface area (TPSA) is 49.6 Å². The molecule has 0 radical (unpaired) electrons. The summed E-state index contributed by atoms with van der Waals surface area (Å²) in [6, 6.07) is 8.50. The minimum atomic E-state index is 0.306. The Morgan fingerprint density at radius 2 is 2.00 bits per heavy atom. The molecule has 5 nitrogen and oxygen atoms in total. The van der Waals surface area contributed by atoms with E-state index in [0.717, 1.165) is 56.5 Å². The van der Waals surface area contributed by atoms with E-state index in [0.29, 0.717) is 17.8 Å². The summed E-state index contributed by atoms with van der Waals surface area (Å²) in [6.07, 6.45) is 3.12. The number of aromatic nitrogens is 1. The molecule has 0 N–H and O–H groups in total. The number of rotatable bonds is 2. The smallest absolute Gasteiger partial charge is 0.298 e. The summed E-state index contributed by atoms with van der Waals surface area (Å²) in [5.74, 6) is 0.648. The first-order chi connectivity index (χ1) is 10.3. The standard InChI is InChI=1S/C16H19N3O2/c20-15(12-6-7-12)18-8-3-9-19(11-10-18)16-17-13-4-1-2-5-14(13)21-16/h1-2,4-5,12H,3,6-11H2. The molecule has 4 rings (SSSR count). The zero-order valence-corrected chi connectivity index (χ0v) is 12.0. The Kier molecular flexibility index (Phi) is 3.05. The van der Waals surface area contributed by atoms with Crippen LogP contribution in [0.4, 0.5) is 6.01 Å². The summed E-state index contributed by atoms with van der Waals surface area (Å²) in [7, 11) is 0. The Morgan fingerprint density at radius 3 is 2.81 bits per heavy atom. The highest BCUT2D eigenvalue weighted by Gasteiger charge is 2.34. The molecule has 1 aliphatic heterocycles. The molecule has 1 amide bonds. The molecule has 0 atom stereocenters. The molecule has 2 fully saturated rings. The van der Waals surface area contributed by atoms with E-state index < -0.39 is 0 Å². The van der Waals surface area contributed by atoms with Crippen molar-refractivity contribution < 1.29 is 9.21 Å². The van der Waals surface area contributed by atoms with E-state index in [1.807, 2.05) is 29.2 Å². The first kappa shape index (κ1) is 12.7. The molecule has 1 saturated heterocycles. The summed E-state index contributed by atoms with van der Waals surface area (Å²) < 4.78 is 5.83. The maximum atomic E-state index is 12.2. The van der Waals surface area contributed by atoms with E-state index in [2.05, 4.69) is 9.88 Å². The molecule has 2 aliphatic rings. The van der Waals surface area contributed by atoms with E-state index in [-0.39, 0.29) is 0 Å². The summed E-state index contributed by atoms with van der Waals surface area (Å²) in [6.45, 7) is 3.31. The van der Waals surface area contributed by atoms with Crippen molar-refractivity contribution in [2.24, 2.45) is 5.92 Å². The lowest BCUT2D eigenvalue weighted by atomic mass is 10.3. The summed E-state index contributed by atoms with van der Waals surface area (Å²) in [5.41, 5.74) is 1.71. The van der Waals surface area contributed by atoms with Crippen LogP contribution in [-0.4, -0.2) is 42.0 Å². The van der Waals surface area contributed by atoms with Gasteiger partial charge < -0.3 is 14.2 Å². The van der Waals surface area contributed by atoms with Crippen molar-refractivity contribution in [2.75, 3.05) is 31.1 Å². The van der Waals surface area contributed by atoms with Crippen LogP contribution in [-0.2, 0) is 4.79 Å². The zero-order valence-electron chi connectivity index (χ0n) is 12.0. The number of amides is 1. The van der Waals surface area contributed by atoms with Gasteiger partial charge >= 0.3 is 0 Å². The van der Waals surface area contributed by atoms with Gasteiger partial charge in [-0.3, -0.25) is 4.79 Å². The first-order valence-electron chi connectivity index (χ1n) is 7.70. The molecule has 0 spiro atoms. The lowest BCUT2D eigenvalue weighted by Crippen LogP contribution is -2.36. The van der Waals surface area contributed by atoms with Crippen LogP contribution >= 0.6 is 0 Å². The minimum Gasteiger partial charge on any atom is -0.423 e. The summed E-state index contributed by atoms with van der Waals surface area (Å²) in [4.78, 5) is 20.9. The number of carbonyl (C=O) groups excluding carboxylic acids is 1. The summed E-state index contributed by atoms with van der Waals surface area (Å²) in [5, 5.41) is 0. The van der Waals surface area contributed by atoms with Gasteiger partial charge in [-0.25, -0.2) is 0 Å². The molecule has 0 unspecified atom stereocenters. The number of benzene rings is 1. The highest BCUT2D eigenvalue weighted by molar-refractivity contribution is 5.81. The second-order valence-corrected chi connectivity index (χ2v) is 5.90. The van der Waals surface area contributed by atoms with E-state index in [9.17, 15) is 4.79 Å². The molecule has 21 heavy (non-hydrogen) atoms. The van der Waals surface area contributed by atoms with Crippen molar-refractivity contribution in [1.29, 1.82) is 0 Å². The SMILES string of the molecule is O=C(C1CC1)N1CCCN(c2nc3ccccc3o2)CC1. The van der Waals surface area contributed by atoms with Crippen molar-refractivity contribution >= 4 is 23.0 Å². The van der Waals surface area contributed by atoms with Gasteiger partial charge in [-0.1, -0.05) is 12.1 Å². The van der Waals surface area contributed by atoms with Crippen molar-refractivity contribution in [3.8, 4) is 0 Å². The Bertz CT molecular complexity index is 629. The average molecular weight is 285 g/mol. The number of carbonyl (C=O) groups is 1. The molecule has 1 aromatic carbocycles. The largest absolute Gasteiger partial charge is 0.423 e. The highest BCUT2D eigenvalue weighted by atomic mass is 16.4. The molecular formula is C16H19N3O2. The van der Waals surface area contributed by atoms with Crippen LogP contribution in [0.2, 0.25) is 0 Å². The average Bonchev–Trinajstić information content (AvgIpc) is 3.29. The van der Waals surface area contributed by atoms with Gasteiger partial charge in [0.05, 0.1) is 0 Å². The number of anilines is 1. The molecule has 110 valence electrons. The Hall–Kier alpha value is -2.04. The number of fused-ring (bicyclic) bond motifs is 1. The molecule has 2 heterocycles. The fourth-order valence-electron chi connectivity index (χ4n) is 2.91. The van der Waals surface area contributed by atoms with Crippen LogP contribution < -0.4 is 4.90 Å². The molecular weight excluding hydrogens is 266 g/mol. The van der Waals surface area contributed by atoms with E-state index in [1.54, 1.807) is 0 Å². The Morgan fingerprint density at radius 1 is 1.14 bits per heavy atom. The predicted molar refractivity (Wildman–Crippen MR) is 80.1 cm³/mol. The van der Waals surface area contributed by atoms with E-state index in [4.69, 9.17) is 4.42 Å². The number of nitrogens with zero attached hydrogens (tertiary/aromatic N) is 3. The summed E-state index contributed by atoms with van der Waals surface area (Å²) >= 11 is 0. The molecule has 1 saturated carbocycles. The fourth-order valence-corrected chi connectivity index (χ4v) is 2.91. The first-order valence-corrected chi connectivity index (χ1v) is 7.70. The third-order valence-corrected chi connectivity index (χ3v) is 4.29. The Labute approximate surface area is 123 Å². The second-order valence-electron chi connectivity index (χ2n) is 5.90. The van der Waals surface area contributed by atoms with Crippen LogP contribution in [0.25, 0.3) is 11.1 Å². The zero-order chi connectivity index (χ0) is 14.2. The van der Waals surface area contributed by atoms with Gasteiger partial charge in [-0.2, -0.15) is 4.98 Å². The second kappa shape index (κ2) is 5.06. The van der Waals surface area contributed by atoms with Crippen molar-refractivity contribution in [3.05, 3.63) is 24.3 Å². The van der Waals surface area contributed by atoms with Gasteiger partial charge in [0.1, 0.15) is 5.52 Å². The number of oxazole rings is 1. The molecule has 5 heteroatoms. The van der Waals surface area contributed by atoms with E-state index in [1.165, 1.54) is 0 Å². The van der Waals surface area contributed by atoms with Gasteiger partial charge in [0.25, 0.3) is 6.01 Å². The highest BCUT2D eigenvalue weighted by Crippen LogP contribution is 2.31. The predicted octanol–water partition coefficient (Wildman–Crippen LogP) is 2.28. The van der Waals surface area contributed by atoms with Crippen molar-refractivity contribution in [2.45, 2.75) is 19.3 Å². The lowest BCUT2D eigenvalue weighted by molar-refractivity contribution is -0.132. The molecule has 1 aliphatic carbocycles. The van der Waals surface area contributed by atoms with Gasteiger partial charge in [0.2, 0.25) is 5.91 Å². The van der Waals surface area contributed by atoms with Crippen LogP contribution in [0, 0.1) is 5.92 Å². The normalized spacial score (nSPS) is 19.8. The van der Waals surface area contributed by atoms with E-state index >= 15 is 0 Å². The van der Waals surface area contributed by atoms with Crippen LogP contribution in [0.15, 0.2) is 28.7 Å². The van der Waals surface area contributed by atoms with Crippen LogP contribution in [0.5, 0.6) is 0 Å². The number of para-hydroxylation sites is 2. The third kappa shape index (κ3) is 2.48. The minimum absolute atomic E-state index is 0.306. The van der Waals surface area contributed by atoms with Gasteiger partial charge in [-0.15, -0.1) is 0 Å². The number of hydrogen-bond donors (Lipinski definition) is 0.